The Bertz CT molecular complexity index is 220. The van der Waals surface area contributed by atoms with Crippen molar-refractivity contribution in [1.82, 2.24) is 10.6 Å². The molecule has 60 valence electrons. The Morgan fingerprint density at radius 2 is 2.09 bits per heavy atom. The average molecular weight is 152 g/mol. The van der Waals surface area contributed by atoms with Gasteiger partial charge in [0.15, 0.2) is 0 Å². The molecule has 2 rings (SSSR count). The number of hydrogen-bond acceptors (Lipinski definition) is 2. The van der Waals surface area contributed by atoms with Crippen LogP contribution in [0.25, 0.3) is 0 Å². The van der Waals surface area contributed by atoms with Gasteiger partial charge in [-0.15, -0.1) is 0 Å². The van der Waals surface area contributed by atoms with Crippen LogP contribution in [0.3, 0.4) is 0 Å². The second-order valence-corrected chi connectivity index (χ2v) is 3.02. The van der Waals surface area contributed by atoms with Gasteiger partial charge in [-0.2, -0.15) is 0 Å². The molecule has 1 amide bonds. The van der Waals surface area contributed by atoms with Gasteiger partial charge in [0.2, 0.25) is 5.91 Å². The van der Waals surface area contributed by atoms with Gasteiger partial charge in [-0.3, -0.25) is 4.79 Å². The summed E-state index contributed by atoms with van der Waals surface area (Å²) < 4.78 is 0. The first-order valence-corrected chi connectivity index (χ1v) is 4.12. The van der Waals surface area contributed by atoms with Gasteiger partial charge in [0.05, 0.1) is 6.54 Å². The van der Waals surface area contributed by atoms with Gasteiger partial charge in [-0.1, -0.05) is 0 Å². The smallest absolute Gasteiger partial charge is 0.249 e. The van der Waals surface area contributed by atoms with Gasteiger partial charge in [0.25, 0.3) is 0 Å². The minimum atomic E-state index is 0.134. The molecule has 0 aromatic heterocycles. The van der Waals surface area contributed by atoms with Crippen molar-refractivity contribution in [1.29, 1.82) is 0 Å². The molecule has 0 saturated carbocycles. The topological polar surface area (TPSA) is 41.1 Å². The molecule has 0 bridgehead atoms. The largest absolute Gasteiger partial charge is 0.387 e. The summed E-state index contributed by atoms with van der Waals surface area (Å²) in [5.74, 6) is 0.134. The van der Waals surface area contributed by atoms with Gasteiger partial charge >= 0.3 is 0 Å². The van der Waals surface area contributed by atoms with Crippen LogP contribution < -0.4 is 10.6 Å². The van der Waals surface area contributed by atoms with Gasteiger partial charge in [0.1, 0.15) is 0 Å². The Kier molecular flexibility index (Phi) is 1.56. The Morgan fingerprint density at radius 1 is 1.18 bits per heavy atom. The molecular weight excluding hydrogens is 140 g/mol. The fourth-order valence-electron chi connectivity index (χ4n) is 1.62. The van der Waals surface area contributed by atoms with Crippen LogP contribution in [0.4, 0.5) is 0 Å². The molecule has 0 aromatic carbocycles. The van der Waals surface area contributed by atoms with Crippen LogP contribution in [0, 0.1) is 0 Å². The summed E-state index contributed by atoms with van der Waals surface area (Å²) in [5, 5.41) is 6.08. The second-order valence-electron chi connectivity index (χ2n) is 3.02. The van der Waals surface area contributed by atoms with E-state index in [1.807, 2.05) is 0 Å². The molecule has 0 saturated heterocycles. The van der Waals surface area contributed by atoms with E-state index in [4.69, 9.17) is 0 Å². The van der Waals surface area contributed by atoms with E-state index in [1.54, 1.807) is 0 Å². The number of hydrogen-bond donors (Lipinski definition) is 2. The third-order valence-electron chi connectivity index (χ3n) is 2.26. The lowest BCUT2D eigenvalue weighted by atomic mass is 10.1. The van der Waals surface area contributed by atoms with Crippen molar-refractivity contribution in [3.63, 3.8) is 0 Å². The maximum absolute atomic E-state index is 11.2. The van der Waals surface area contributed by atoms with Crippen LogP contribution in [0.2, 0.25) is 0 Å². The maximum Gasteiger partial charge on any atom is 0.249 e. The normalized spacial score (nSPS) is 23.8. The van der Waals surface area contributed by atoms with E-state index in [0.29, 0.717) is 6.54 Å². The highest BCUT2D eigenvalue weighted by molar-refractivity contribution is 5.96. The zero-order valence-corrected chi connectivity index (χ0v) is 6.44. The first kappa shape index (κ1) is 6.70. The fourth-order valence-corrected chi connectivity index (χ4v) is 1.62. The van der Waals surface area contributed by atoms with Crippen LogP contribution in [-0.4, -0.2) is 19.0 Å². The van der Waals surface area contributed by atoms with Crippen molar-refractivity contribution < 1.29 is 4.79 Å². The van der Waals surface area contributed by atoms with E-state index >= 15 is 0 Å². The third kappa shape index (κ3) is 1.11. The summed E-state index contributed by atoms with van der Waals surface area (Å²) in [4.78, 5) is 11.2. The van der Waals surface area contributed by atoms with Crippen LogP contribution in [0.1, 0.15) is 19.3 Å². The molecule has 0 fully saturated rings. The molecule has 0 atom stereocenters. The highest BCUT2D eigenvalue weighted by atomic mass is 16.1. The zero-order valence-electron chi connectivity index (χ0n) is 6.44. The van der Waals surface area contributed by atoms with Gasteiger partial charge in [0, 0.05) is 17.8 Å². The van der Waals surface area contributed by atoms with Gasteiger partial charge < -0.3 is 10.6 Å². The van der Waals surface area contributed by atoms with E-state index in [9.17, 15) is 4.79 Å². The first-order chi connectivity index (χ1) is 5.38. The molecule has 11 heavy (non-hydrogen) atoms. The predicted molar refractivity (Wildman–Crippen MR) is 41.9 cm³/mol. The molecule has 0 unspecified atom stereocenters. The number of carbonyl (C=O) groups excluding carboxylic acids is 1. The molecule has 3 nitrogen and oxygen atoms in total. The molecule has 2 aliphatic rings. The average Bonchev–Trinajstić information content (AvgIpc) is 2.25. The van der Waals surface area contributed by atoms with Gasteiger partial charge in [-0.25, -0.2) is 0 Å². The minimum absolute atomic E-state index is 0.134. The van der Waals surface area contributed by atoms with E-state index in [1.165, 1.54) is 6.42 Å². The minimum Gasteiger partial charge on any atom is -0.387 e. The molecule has 0 aliphatic carbocycles. The molecule has 2 N–H and O–H groups in total. The lowest BCUT2D eigenvalue weighted by Gasteiger charge is -2.01. The molecule has 2 heterocycles. The van der Waals surface area contributed by atoms with Crippen LogP contribution in [-0.2, 0) is 4.79 Å². The van der Waals surface area contributed by atoms with Crippen LogP contribution in [0.5, 0.6) is 0 Å². The number of nitrogens with one attached hydrogen (secondary N) is 2. The van der Waals surface area contributed by atoms with E-state index in [0.717, 1.165) is 30.7 Å². The van der Waals surface area contributed by atoms with Crippen molar-refractivity contribution >= 4 is 5.91 Å². The predicted octanol–water partition coefficient (Wildman–Crippen LogP) is 0.144. The molecule has 3 heteroatoms. The number of amides is 1. The van der Waals surface area contributed by atoms with Crippen molar-refractivity contribution in [2.75, 3.05) is 13.1 Å². The standard InChI is InChI=1S/C8H12N2O/c11-8-6-3-1-2-4-9-7(6)5-10-8/h9H,1-5H2,(H,10,11). The van der Waals surface area contributed by atoms with Gasteiger partial charge in [-0.05, 0) is 19.3 Å². The van der Waals surface area contributed by atoms with Crippen molar-refractivity contribution in [2.24, 2.45) is 0 Å². The molecular formula is C8H12N2O. The lowest BCUT2D eigenvalue weighted by Crippen LogP contribution is -2.21. The van der Waals surface area contributed by atoms with E-state index in [2.05, 4.69) is 10.6 Å². The lowest BCUT2D eigenvalue weighted by molar-refractivity contribution is -0.116. The molecule has 0 radical (unpaired) electrons. The number of rotatable bonds is 0. The quantitative estimate of drug-likeness (QED) is 0.518. The maximum atomic E-state index is 11.2. The molecule has 0 spiro atoms. The van der Waals surface area contributed by atoms with E-state index < -0.39 is 0 Å². The van der Waals surface area contributed by atoms with Crippen molar-refractivity contribution in [2.45, 2.75) is 19.3 Å². The highest BCUT2D eigenvalue weighted by Gasteiger charge is 2.22. The molecule has 2 aliphatic heterocycles. The second kappa shape index (κ2) is 2.57. The summed E-state index contributed by atoms with van der Waals surface area (Å²) >= 11 is 0. The Hall–Kier alpha value is -0.990. The summed E-state index contributed by atoms with van der Waals surface area (Å²) in [6.45, 7) is 1.74. The van der Waals surface area contributed by atoms with E-state index in [-0.39, 0.29) is 5.91 Å². The Balaban J connectivity index is 2.22. The monoisotopic (exact) mass is 152 g/mol. The fraction of sp³-hybridized carbons (Fsp3) is 0.625. The summed E-state index contributed by atoms with van der Waals surface area (Å²) in [6, 6.07) is 0. The van der Waals surface area contributed by atoms with Crippen molar-refractivity contribution in [3.05, 3.63) is 11.3 Å². The SMILES string of the molecule is O=C1NCC2=C1CCCCN2. The third-order valence-corrected chi connectivity index (χ3v) is 2.26. The summed E-state index contributed by atoms with van der Waals surface area (Å²) in [6.07, 6.45) is 3.27. The van der Waals surface area contributed by atoms with Crippen LogP contribution in [0.15, 0.2) is 11.3 Å². The Morgan fingerprint density at radius 3 is 3.00 bits per heavy atom. The van der Waals surface area contributed by atoms with Crippen LogP contribution >= 0.6 is 0 Å². The number of carbonyl (C=O) groups is 1. The highest BCUT2D eigenvalue weighted by Crippen LogP contribution is 2.18. The van der Waals surface area contributed by atoms with Crippen molar-refractivity contribution in [3.8, 4) is 0 Å². The first-order valence-electron chi connectivity index (χ1n) is 4.12. The summed E-state index contributed by atoms with van der Waals surface area (Å²) in [5.41, 5.74) is 2.12. The molecule has 0 aromatic rings. The Labute approximate surface area is 65.9 Å². The zero-order chi connectivity index (χ0) is 7.68. The summed E-state index contributed by atoms with van der Waals surface area (Å²) in [7, 11) is 0.